The molecule has 3 nitrogen and oxygen atoms in total. The molecule has 0 atom stereocenters. The number of halogens is 2. The van der Waals surface area contributed by atoms with Crippen LogP contribution in [0, 0.1) is 5.82 Å². The van der Waals surface area contributed by atoms with E-state index in [1.807, 2.05) is 0 Å². The molecule has 0 heterocycles. The number of rotatable bonds is 4. The number of nitrogens with one attached hydrogen (secondary N) is 1. The van der Waals surface area contributed by atoms with Gasteiger partial charge in [0.15, 0.2) is 17.3 Å². The van der Waals surface area contributed by atoms with Crippen LogP contribution in [0.25, 0.3) is 0 Å². The Morgan fingerprint density at radius 3 is 2.40 bits per heavy atom. The highest BCUT2D eigenvalue weighted by molar-refractivity contribution is 6.31. The van der Waals surface area contributed by atoms with Gasteiger partial charge in [0.25, 0.3) is 0 Å². The molecular formula is C10H13ClFNO2. The first kappa shape index (κ1) is 12.1. The van der Waals surface area contributed by atoms with Crippen molar-refractivity contribution < 1.29 is 13.9 Å². The average molecular weight is 234 g/mol. The van der Waals surface area contributed by atoms with Gasteiger partial charge in [-0.05, 0) is 13.1 Å². The molecule has 1 aromatic rings. The summed E-state index contributed by atoms with van der Waals surface area (Å²) in [6.45, 7) is 0.527. The molecule has 0 saturated carbocycles. The molecule has 0 fully saturated rings. The fourth-order valence-electron chi connectivity index (χ4n) is 1.36. The van der Waals surface area contributed by atoms with Crippen molar-refractivity contribution in [2.75, 3.05) is 21.3 Å². The van der Waals surface area contributed by atoms with Crippen LogP contribution in [-0.2, 0) is 6.54 Å². The molecule has 0 spiro atoms. The summed E-state index contributed by atoms with van der Waals surface area (Å²) in [6.07, 6.45) is 0. The molecule has 5 heteroatoms. The van der Waals surface area contributed by atoms with Crippen LogP contribution in [0.3, 0.4) is 0 Å². The van der Waals surface area contributed by atoms with Crippen LogP contribution in [-0.4, -0.2) is 21.3 Å². The fraction of sp³-hybridized carbons (Fsp3) is 0.400. The smallest absolute Gasteiger partial charge is 0.198 e. The van der Waals surface area contributed by atoms with E-state index in [1.54, 1.807) is 7.05 Å². The maximum Gasteiger partial charge on any atom is 0.198 e. The average Bonchev–Trinajstić information content (AvgIpc) is 2.23. The predicted molar refractivity (Wildman–Crippen MR) is 57.3 cm³/mol. The van der Waals surface area contributed by atoms with E-state index < -0.39 is 5.82 Å². The topological polar surface area (TPSA) is 30.5 Å². The number of ether oxygens (including phenoxy) is 2. The molecule has 0 bridgehead atoms. The Morgan fingerprint density at radius 2 is 1.93 bits per heavy atom. The Kier molecular flexibility index (Phi) is 4.17. The van der Waals surface area contributed by atoms with Gasteiger partial charge in [0.2, 0.25) is 0 Å². The molecule has 0 aliphatic rings. The van der Waals surface area contributed by atoms with Gasteiger partial charge >= 0.3 is 0 Å². The third-order valence-corrected chi connectivity index (χ3v) is 2.26. The molecule has 1 rings (SSSR count). The van der Waals surface area contributed by atoms with Crippen molar-refractivity contribution in [1.29, 1.82) is 0 Å². The number of methoxy groups -OCH3 is 2. The molecule has 1 aromatic carbocycles. The lowest BCUT2D eigenvalue weighted by atomic mass is 10.1. The van der Waals surface area contributed by atoms with Gasteiger partial charge in [0.05, 0.1) is 19.2 Å². The second-order valence-corrected chi connectivity index (χ2v) is 3.34. The van der Waals surface area contributed by atoms with Crippen molar-refractivity contribution >= 4 is 11.6 Å². The second kappa shape index (κ2) is 5.19. The van der Waals surface area contributed by atoms with E-state index in [2.05, 4.69) is 5.32 Å². The van der Waals surface area contributed by atoms with Crippen LogP contribution >= 0.6 is 11.6 Å². The molecule has 15 heavy (non-hydrogen) atoms. The standard InChI is InChI=1S/C10H13ClFNO2/c1-13-5-6-4-7(11)8(12)10(15-3)9(6)14-2/h4,13H,5H2,1-3H3. The lowest BCUT2D eigenvalue weighted by Crippen LogP contribution is -2.08. The zero-order valence-electron chi connectivity index (χ0n) is 8.86. The minimum absolute atomic E-state index is 0.0258. The van der Waals surface area contributed by atoms with Crippen LogP contribution < -0.4 is 14.8 Å². The van der Waals surface area contributed by atoms with Gasteiger partial charge in [-0.2, -0.15) is 0 Å². The van der Waals surface area contributed by atoms with E-state index in [0.717, 1.165) is 5.56 Å². The van der Waals surface area contributed by atoms with Crippen LogP contribution in [0.15, 0.2) is 6.07 Å². The first-order valence-electron chi connectivity index (χ1n) is 4.39. The first-order valence-corrected chi connectivity index (χ1v) is 4.77. The molecule has 84 valence electrons. The molecule has 0 aromatic heterocycles. The fourth-order valence-corrected chi connectivity index (χ4v) is 1.58. The highest BCUT2D eigenvalue weighted by Crippen LogP contribution is 2.37. The zero-order valence-corrected chi connectivity index (χ0v) is 9.61. The van der Waals surface area contributed by atoms with Crippen molar-refractivity contribution in [3.8, 4) is 11.5 Å². The van der Waals surface area contributed by atoms with E-state index in [1.165, 1.54) is 20.3 Å². The van der Waals surface area contributed by atoms with Gasteiger partial charge in [0.1, 0.15) is 0 Å². The summed E-state index contributed by atoms with van der Waals surface area (Å²) in [5.74, 6) is -0.195. The first-order chi connectivity index (χ1) is 7.15. The summed E-state index contributed by atoms with van der Waals surface area (Å²) < 4.78 is 23.5. The van der Waals surface area contributed by atoms with Crippen LogP contribution in [0.5, 0.6) is 11.5 Å². The lowest BCUT2D eigenvalue weighted by Gasteiger charge is -2.14. The highest BCUT2D eigenvalue weighted by Gasteiger charge is 2.18. The van der Waals surface area contributed by atoms with E-state index in [9.17, 15) is 4.39 Å². The molecular weight excluding hydrogens is 221 g/mol. The van der Waals surface area contributed by atoms with Gasteiger partial charge < -0.3 is 14.8 Å². The van der Waals surface area contributed by atoms with E-state index in [4.69, 9.17) is 21.1 Å². The Labute approximate surface area is 93.1 Å². The molecule has 0 aliphatic heterocycles. The summed E-state index contributed by atoms with van der Waals surface area (Å²) in [5, 5.41) is 2.97. The largest absolute Gasteiger partial charge is 0.492 e. The minimum atomic E-state index is -0.601. The van der Waals surface area contributed by atoms with E-state index in [0.29, 0.717) is 12.3 Å². The maximum absolute atomic E-state index is 13.5. The molecule has 1 N–H and O–H groups in total. The molecule has 0 aliphatic carbocycles. The van der Waals surface area contributed by atoms with Crippen molar-refractivity contribution in [1.82, 2.24) is 5.32 Å². The zero-order chi connectivity index (χ0) is 11.4. The SMILES string of the molecule is CNCc1cc(Cl)c(F)c(OC)c1OC. The predicted octanol–water partition coefficient (Wildman–Crippen LogP) is 2.22. The van der Waals surface area contributed by atoms with Crippen LogP contribution in [0.2, 0.25) is 5.02 Å². The van der Waals surface area contributed by atoms with Crippen molar-refractivity contribution in [3.05, 3.63) is 22.5 Å². The summed E-state index contributed by atoms with van der Waals surface area (Å²) in [6, 6.07) is 1.52. The Bertz CT molecular complexity index is 358. The summed E-state index contributed by atoms with van der Waals surface area (Å²) >= 11 is 5.72. The maximum atomic E-state index is 13.5. The monoisotopic (exact) mass is 233 g/mol. The summed E-state index contributed by atoms with van der Waals surface area (Å²) in [5.41, 5.74) is 0.753. The van der Waals surface area contributed by atoms with Crippen molar-refractivity contribution in [3.63, 3.8) is 0 Å². The molecule has 0 saturated heterocycles. The second-order valence-electron chi connectivity index (χ2n) is 2.93. The van der Waals surface area contributed by atoms with Gasteiger partial charge in [0, 0.05) is 12.1 Å². The van der Waals surface area contributed by atoms with E-state index in [-0.39, 0.29) is 10.8 Å². The third kappa shape index (κ3) is 2.33. The third-order valence-electron chi connectivity index (χ3n) is 1.98. The number of benzene rings is 1. The Morgan fingerprint density at radius 1 is 1.33 bits per heavy atom. The van der Waals surface area contributed by atoms with Crippen molar-refractivity contribution in [2.45, 2.75) is 6.54 Å². The van der Waals surface area contributed by atoms with Gasteiger partial charge in [-0.25, -0.2) is 4.39 Å². The Hall–Kier alpha value is -1.00. The number of hydrogen-bond donors (Lipinski definition) is 1. The molecule has 0 unspecified atom stereocenters. The summed E-state index contributed by atoms with van der Waals surface area (Å²) in [4.78, 5) is 0. The quantitative estimate of drug-likeness (QED) is 0.865. The van der Waals surface area contributed by atoms with Gasteiger partial charge in [-0.15, -0.1) is 0 Å². The van der Waals surface area contributed by atoms with Gasteiger partial charge in [-0.3, -0.25) is 0 Å². The van der Waals surface area contributed by atoms with Crippen LogP contribution in [0.1, 0.15) is 5.56 Å². The molecule has 0 amide bonds. The normalized spacial score (nSPS) is 10.2. The van der Waals surface area contributed by atoms with Crippen LogP contribution in [0.4, 0.5) is 4.39 Å². The summed E-state index contributed by atoms with van der Waals surface area (Å²) in [7, 11) is 4.62. The van der Waals surface area contributed by atoms with Gasteiger partial charge in [-0.1, -0.05) is 11.6 Å². The number of hydrogen-bond acceptors (Lipinski definition) is 3. The van der Waals surface area contributed by atoms with Crippen molar-refractivity contribution in [2.24, 2.45) is 0 Å². The minimum Gasteiger partial charge on any atom is -0.492 e. The Balaban J connectivity index is 3.33. The molecule has 0 radical (unpaired) electrons. The lowest BCUT2D eigenvalue weighted by molar-refractivity contribution is 0.334. The highest BCUT2D eigenvalue weighted by atomic mass is 35.5. The van der Waals surface area contributed by atoms with E-state index >= 15 is 0 Å².